The molecule has 0 saturated carbocycles. The molecule has 104 valence electrons. The maximum Gasteiger partial charge on any atom is 0.225 e. The first-order chi connectivity index (χ1) is 8.27. The summed E-state index contributed by atoms with van der Waals surface area (Å²) in [5.41, 5.74) is 0. The van der Waals surface area contributed by atoms with E-state index in [0.29, 0.717) is 12.8 Å². The average molecular weight is 293 g/mol. The minimum atomic E-state index is -0.302. The topological polar surface area (TPSA) is 34.1 Å². The average Bonchev–Trinajstić information content (AvgIpc) is 2.20. The molecule has 0 amide bonds. The summed E-state index contributed by atoms with van der Waals surface area (Å²) in [6.07, 6.45) is 5.06. The first kappa shape index (κ1) is 17.7. The van der Waals surface area contributed by atoms with Crippen molar-refractivity contribution in [2.24, 2.45) is 23.7 Å². The molecule has 0 rings (SSSR count). The van der Waals surface area contributed by atoms with Crippen LogP contribution in [0.3, 0.4) is 0 Å². The van der Waals surface area contributed by atoms with Crippen molar-refractivity contribution in [2.45, 2.75) is 40.5 Å². The van der Waals surface area contributed by atoms with Crippen LogP contribution in [-0.4, -0.2) is 10.5 Å². The molecule has 0 unspecified atom stereocenters. The summed E-state index contributed by atoms with van der Waals surface area (Å²) in [4.78, 5) is 22.4. The Hall–Kier alpha value is -0.340. The molecule has 0 radical (unpaired) electrons. The van der Waals surface area contributed by atoms with Gasteiger partial charge in [0.05, 0.1) is 0 Å². The van der Waals surface area contributed by atoms with Crippen LogP contribution in [0.4, 0.5) is 0 Å². The highest BCUT2D eigenvalue weighted by Gasteiger charge is 2.20. The first-order valence-electron chi connectivity index (χ1n) is 6.31. The Kier molecular flexibility index (Phi) is 8.54. The lowest BCUT2D eigenvalue weighted by Gasteiger charge is -2.15. The summed E-state index contributed by atoms with van der Waals surface area (Å²) in [5, 5.41) is -0.605. The van der Waals surface area contributed by atoms with Gasteiger partial charge < -0.3 is 0 Å². The number of carbonyl (C=O) groups is 2. The van der Waals surface area contributed by atoms with Crippen LogP contribution < -0.4 is 0 Å². The summed E-state index contributed by atoms with van der Waals surface area (Å²) in [6, 6.07) is 0. The summed E-state index contributed by atoms with van der Waals surface area (Å²) in [7, 11) is 0. The Bertz CT molecular complexity index is 279. The molecule has 0 bridgehead atoms. The molecule has 0 fully saturated rings. The fourth-order valence-electron chi connectivity index (χ4n) is 1.74. The molecule has 0 aromatic heterocycles. The standard InChI is InChI=1S/C14H22Cl2O2/c1-9(2)11(13(15)17)7-5-6-8-12(10(3)4)14(16)18/h5-6,9-12H,7-8H2,1-4H3/t11-,12-/m0/s1. The Balaban J connectivity index is 4.32. The van der Waals surface area contributed by atoms with Crippen LogP contribution in [0.2, 0.25) is 0 Å². The van der Waals surface area contributed by atoms with Crippen molar-refractivity contribution in [1.82, 2.24) is 0 Å². The Morgan fingerprint density at radius 1 is 0.833 bits per heavy atom. The van der Waals surface area contributed by atoms with E-state index in [0.717, 1.165) is 0 Å². The lowest BCUT2D eigenvalue weighted by Crippen LogP contribution is -2.16. The van der Waals surface area contributed by atoms with Gasteiger partial charge >= 0.3 is 0 Å². The third-order valence-corrected chi connectivity index (χ3v) is 3.70. The van der Waals surface area contributed by atoms with Crippen LogP contribution in [0.25, 0.3) is 0 Å². The molecule has 0 aliphatic heterocycles. The van der Waals surface area contributed by atoms with E-state index in [4.69, 9.17) is 23.2 Å². The first-order valence-corrected chi connectivity index (χ1v) is 7.06. The van der Waals surface area contributed by atoms with Crippen molar-refractivity contribution < 1.29 is 9.59 Å². The summed E-state index contributed by atoms with van der Waals surface area (Å²) in [5.74, 6) is 0.115. The molecular formula is C14H22Cl2O2. The van der Waals surface area contributed by atoms with E-state index in [1.54, 1.807) is 0 Å². The Morgan fingerprint density at radius 3 is 1.28 bits per heavy atom. The summed E-state index contributed by atoms with van der Waals surface area (Å²) in [6.45, 7) is 7.88. The highest BCUT2D eigenvalue weighted by atomic mass is 35.5. The zero-order valence-electron chi connectivity index (χ0n) is 11.5. The van der Waals surface area contributed by atoms with Crippen molar-refractivity contribution in [1.29, 1.82) is 0 Å². The Morgan fingerprint density at radius 2 is 1.11 bits per heavy atom. The van der Waals surface area contributed by atoms with Crippen LogP contribution in [0.1, 0.15) is 40.5 Å². The normalized spacial score (nSPS) is 15.3. The SMILES string of the molecule is CC(C)[C@H](CC=CC[C@H](C(=O)Cl)C(C)C)C(=O)Cl. The fourth-order valence-corrected chi connectivity index (χ4v) is 2.42. The van der Waals surface area contributed by atoms with Crippen LogP contribution in [0.15, 0.2) is 12.2 Å². The van der Waals surface area contributed by atoms with E-state index in [1.807, 2.05) is 39.8 Å². The maximum atomic E-state index is 11.2. The van der Waals surface area contributed by atoms with Crippen molar-refractivity contribution in [3.05, 3.63) is 12.2 Å². The van der Waals surface area contributed by atoms with Gasteiger partial charge in [0.2, 0.25) is 10.5 Å². The largest absolute Gasteiger partial charge is 0.281 e. The van der Waals surface area contributed by atoms with E-state index in [1.165, 1.54) is 0 Å². The number of rotatable bonds is 8. The molecule has 0 aromatic carbocycles. The number of hydrogen-bond donors (Lipinski definition) is 0. The number of hydrogen-bond acceptors (Lipinski definition) is 2. The van der Waals surface area contributed by atoms with Gasteiger partial charge in [0, 0.05) is 11.8 Å². The van der Waals surface area contributed by atoms with Crippen LogP contribution in [0, 0.1) is 23.7 Å². The molecule has 0 N–H and O–H groups in total. The second kappa shape index (κ2) is 8.71. The van der Waals surface area contributed by atoms with E-state index in [-0.39, 0.29) is 34.2 Å². The van der Waals surface area contributed by atoms with Gasteiger partial charge in [0.15, 0.2) is 0 Å². The predicted octanol–water partition coefficient (Wildman–Crippen LogP) is 4.40. The van der Waals surface area contributed by atoms with Crippen LogP contribution in [-0.2, 0) is 9.59 Å². The zero-order chi connectivity index (χ0) is 14.3. The van der Waals surface area contributed by atoms with Crippen molar-refractivity contribution >= 4 is 33.7 Å². The number of carbonyl (C=O) groups excluding carboxylic acids is 2. The van der Waals surface area contributed by atoms with Gasteiger partial charge in [-0.1, -0.05) is 39.8 Å². The molecule has 0 aromatic rings. The van der Waals surface area contributed by atoms with Crippen molar-refractivity contribution in [2.75, 3.05) is 0 Å². The molecule has 0 spiro atoms. The molecule has 2 atom stereocenters. The van der Waals surface area contributed by atoms with E-state index in [9.17, 15) is 9.59 Å². The highest BCUT2D eigenvalue weighted by Crippen LogP contribution is 2.21. The quantitative estimate of drug-likeness (QED) is 0.491. The van der Waals surface area contributed by atoms with E-state index in [2.05, 4.69) is 0 Å². The summed E-state index contributed by atoms with van der Waals surface area (Å²) >= 11 is 11.1. The molecule has 18 heavy (non-hydrogen) atoms. The molecule has 0 aliphatic rings. The second-order valence-electron chi connectivity index (χ2n) is 5.25. The van der Waals surface area contributed by atoms with Gasteiger partial charge in [0.1, 0.15) is 0 Å². The Labute approximate surface area is 120 Å². The van der Waals surface area contributed by atoms with E-state index < -0.39 is 0 Å². The predicted molar refractivity (Wildman–Crippen MR) is 76.8 cm³/mol. The smallest absolute Gasteiger partial charge is 0.225 e. The van der Waals surface area contributed by atoms with Crippen molar-refractivity contribution in [3.8, 4) is 0 Å². The lowest BCUT2D eigenvalue weighted by molar-refractivity contribution is -0.117. The van der Waals surface area contributed by atoms with Gasteiger partial charge in [-0.2, -0.15) is 0 Å². The number of halogens is 2. The highest BCUT2D eigenvalue weighted by molar-refractivity contribution is 6.64. The van der Waals surface area contributed by atoms with Crippen molar-refractivity contribution in [3.63, 3.8) is 0 Å². The molecule has 4 heteroatoms. The molecule has 0 heterocycles. The molecule has 0 saturated heterocycles. The number of allylic oxidation sites excluding steroid dienone is 2. The lowest BCUT2D eigenvalue weighted by atomic mass is 9.91. The van der Waals surface area contributed by atoms with E-state index >= 15 is 0 Å². The monoisotopic (exact) mass is 292 g/mol. The van der Waals surface area contributed by atoms with Crippen LogP contribution >= 0.6 is 23.2 Å². The molecular weight excluding hydrogens is 271 g/mol. The van der Waals surface area contributed by atoms with Crippen LogP contribution in [0.5, 0.6) is 0 Å². The van der Waals surface area contributed by atoms with Gasteiger partial charge in [-0.15, -0.1) is 0 Å². The molecule has 0 aliphatic carbocycles. The maximum absolute atomic E-state index is 11.2. The zero-order valence-corrected chi connectivity index (χ0v) is 13.0. The van der Waals surface area contributed by atoms with Gasteiger partial charge in [-0.25, -0.2) is 0 Å². The summed E-state index contributed by atoms with van der Waals surface area (Å²) < 4.78 is 0. The van der Waals surface area contributed by atoms with Gasteiger partial charge in [-0.3, -0.25) is 9.59 Å². The third-order valence-electron chi connectivity index (χ3n) is 3.14. The van der Waals surface area contributed by atoms with Gasteiger partial charge in [-0.05, 0) is 47.9 Å². The second-order valence-corrected chi connectivity index (χ2v) is 6.00. The minimum Gasteiger partial charge on any atom is -0.281 e. The van der Waals surface area contributed by atoms with Gasteiger partial charge in [0.25, 0.3) is 0 Å². The molecule has 2 nitrogen and oxygen atoms in total. The minimum absolute atomic E-state index is 0.160. The fraction of sp³-hybridized carbons (Fsp3) is 0.714. The third kappa shape index (κ3) is 6.55.